The molecule has 0 radical (unpaired) electrons. The van der Waals surface area contributed by atoms with Gasteiger partial charge in [-0.05, 0) is 75.1 Å². The summed E-state index contributed by atoms with van der Waals surface area (Å²) in [6, 6.07) is 10.4. The van der Waals surface area contributed by atoms with Crippen LogP contribution in [0, 0.1) is 13.8 Å². The van der Waals surface area contributed by atoms with Crippen molar-refractivity contribution in [3.8, 4) is 0 Å². The number of aromatic nitrogens is 1. The number of piperidine rings is 1. The maximum absolute atomic E-state index is 12.8. The summed E-state index contributed by atoms with van der Waals surface area (Å²) in [6.07, 6.45) is 2.84. The predicted octanol–water partition coefficient (Wildman–Crippen LogP) is 4.26. The second-order valence-corrected chi connectivity index (χ2v) is 10.9. The molecule has 1 fully saturated rings. The molecule has 4 rings (SSSR count). The third-order valence-corrected chi connectivity index (χ3v) is 8.62. The molecular formula is C23H27N3O3S2. The molecule has 1 aromatic heterocycles. The van der Waals surface area contributed by atoms with Gasteiger partial charge in [0.2, 0.25) is 10.0 Å². The summed E-state index contributed by atoms with van der Waals surface area (Å²) in [5.41, 5.74) is 3.82. The quantitative estimate of drug-likeness (QED) is 0.588. The molecule has 0 atom stereocenters. The molecule has 8 heteroatoms. The average molecular weight is 458 g/mol. The summed E-state index contributed by atoms with van der Waals surface area (Å²) in [5.74, 6) is -0.370. The smallest absolute Gasteiger partial charge is 0.279 e. The van der Waals surface area contributed by atoms with Gasteiger partial charge in [0.25, 0.3) is 5.91 Å². The molecule has 2 aromatic carbocycles. The zero-order valence-corrected chi connectivity index (χ0v) is 19.7. The van der Waals surface area contributed by atoms with Crippen molar-refractivity contribution in [3.63, 3.8) is 0 Å². The van der Waals surface area contributed by atoms with Gasteiger partial charge in [0, 0.05) is 25.2 Å². The molecule has 1 aliphatic rings. The first-order valence-electron chi connectivity index (χ1n) is 10.6. The Morgan fingerprint density at radius 3 is 2.39 bits per heavy atom. The fraction of sp³-hybridized carbons (Fsp3) is 0.391. The maximum Gasteiger partial charge on any atom is 0.279 e. The van der Waals surface area contributed by atoms with Crippen LogP contribution < -0.4 is 4.80 Å². The van der Waals surface area contributed by atoms with Crippen LogP contribution in [0.25, 0.3) is 10.2 Å². The van der Waals surface area contributed by atoms with E-state index in [-0.39, 0.29) is 10.8 Å². The number of sulfonamides is 1. The lowest BCUT2D eigenvalue weighted by atomic mass is 10.1. The lowest BCUT2D eigenvalue weighted by molar-refractivity contribution is 0.0997. The maximum atomic E-state index is 12.8. The number of hydrogen-bond donors (Lipinski definition) is 0. The summed E-state index contributed by atoms with van der Waals surface area (Å²) in [5, 5.41) is 0. The van der Waals surface area contributed by atoms with Gasteiger partial charge in [-0.3, -0.25) is 4.79 Å². The van der Waals surface area contributed by atoms with Crippen molar-refractivity contribution in [2.75, 3.05) is 13.1 Å². The Bertz CT molecular complexity index is 1300. The molecule has 6 nitrogen and oxygen atoms in total. The van der Waals surface area contributed by atoms with Gasteiger partial charge in [-0.2, -0.15) is 9.30 Å². The average Bonchev–Trinajstić information content (AvgIpc) is 3.11. The van der Waals surface area contributed by atoms with E-state index in [0.717, 1.165) is 35.0 Å². The van der Waals surface area contributed by atoms with Crippen LogP contribution in [0.15, 0.2) is 46.3 Å². The van der Waals surface area contributed by atoms with E-state index in [0.29, 0.717) is 30.0 Å². The van der Waals surface area contributed by atoms with Crippen LogP contribution in [0.2, 0.25) is 0 Å². The molecule has 0 unspecified atom stereocenters. The highest BCUT2D eigenvalue weighted by atomic mass is 32.2. The summed E-state index contributed by atoms with van der Waals surface area (Å²) in [4.78, 5) is 18.1. The summed E-state index contributed by atoms with van der Waals surface area (Å²) in [6.45, 7) is 7.99. The zero-order chi connectivity index (χ0) is 22.2. The third-order valence-electron chi connectivity index (χ3n) is 5.68. The number of carbonyl (C=O) groups is 1. The number of amides is 1. The number of thiazole rings is 1. The van der Waals surface area contributed by atoms with E-state index >= 15 is 0 Å². The van der Waals surface area contributed by atoms with E-state index in [1.807, 2.05) is 6.92 Å². The molecule has 31 heavy (non-hydrogen) atoms. The Balaban J connectivity index is 1.66. The summed E-state index contributed by atoms with van der Waals surface area (Å²) in [7, 11) is -3.51. The summed E-state index contributed by atoms with van der Waals surface area (Å²) < 4.78 is 30.3. The number of aryl methyl sites for hydroxylation is 3. The normalized spacial score (nSPS) is 16.2. The van der Waals surface area contributed by atoms with E-state index in [9.17, 15) is 13.2 Å². The van der Waals surface area contributed by atoms with Crippen molar-refractivity contribution in [2.24, 2.45) is 4.99 Å². The highest BCUT2D eigenvalue weighted by molar-refractivity contribution is 7.89. The van der Waals surface area contributed by atoms with Crippen LogP contribution in [0.4, 0.5) is 0 Å². The molecule has 1 saturated heterocycles. The monoisotopic (exact) mass is 457 g/mol. The lowest BCUT2D eigenvalue weighted by Gasteiger charge is -2.25. The number of hydrogen-bond acceptors (Lipinski definition) is 4. The standard InChI is InChI=1S/C23H27N3O3S2/c1-4-26-21-17(3)14-16(2)15-20(21)30-23(26)24-22(27)18-8-10-19(11-9-18)31(28,29)25-12-6-5-7-13-25/h8-11,14-15H,4-7,12-13H2,1-3H3. The number of carbonyl (C=O) groups excluding carboxylic acids is 1. The molecule has 164 valence electrons. The van der Waals surface area contributed by atoms with Crippen molar-refractivity contribution in [2.45, 2.75) is 51.5 Å². The Morgan fingerprint density at radius 2 is 1.74 bits per heavy atom. The first kappa shape index (κ1) is 21.9. The molecule has 2 heterocycles. The third kappa shape index (κ3) is 4.24. The van der Waals surface area contributed by atoms with Crippen molar-refractivity contribution in [1.29, 1.82) is 0 Å². The van der Waals surface area contributed by atoms with Gasteiger partial charge in [-0.15, -0.1) is 0 Å². The number of benzene rings is 2. The first-order valence-corrected chi connectivity index (χ1v) is 12.9. The molecular weight excluding hydrogens is 430 g/mol. The molecule has 1 aliphatic heterocycles. The summed E-state index contributed by atoms with van der Waals surface area (Å²) >= 11 is 1.50. The van der Waals surface area contributed by atoms with Crippen molar-refractivity contribution in [1.82, 2.24) is 8.87 Å². The molecule has 0 saturated carbocycles. The second kappa shape index (κ2) is 8.68. The molecule has 1 amide bonds. The molecule has 3 aromatic rings. The van der Waals surface area contributed by atoms with Crippen LogP contribution in [0.1, 0.15) is 47.7 Å². The predicted molar refractivity (Wildman–Crippen MR) is 124 cm³/mol. The van der Waals surface area contributed by atoms with Gasteiger partial charge in [0.1, 0.15) is 0 Å². The Hall–Kier alpha value is -2.29. The van der Waals surface area contributed by atoms with Crippen molar-refractivity contribution < 1.29 is 13.2 Å². The van der Waals surface area contributed by atoms with Crippen LogP contribution >= 0.6 is 11.3 Å². The highest BCUT2D eigenvalue weighted by Gasteiger charge is 2.26. The Kier molecular flexibility index (Phi) is 6.14. The zero-order valence-electron chi connectivity index (χ0n) is 18.1. The second-order valence-electron chi connectivity index (χ2n) is 7.96. The Morgan fingerprint density at radius 1 is 1.06 bits per heavy atom. The van der Waals surface area contributed by atoms with Crippen LogP contribution in [0.3, 0.4) is 0 Å². The largest absolute Gasteiger partial charge is 0.316 e. The fourth-order valence-corrected chi connectivity index (χ4v) is 6.93. The van der Waals surface area contributed by atoms with Gasteiger partial charge < -0.3 is 4.57 Å². The minimum absolute atomic E-state index is 0.225. The van der Waals surface area contributed by atoms with E-state index in [2.05, 4.69) is 35.5 Å². The first-order chi connectivity index (χ1) is 14.8. The van der Waals surface area contributed by atoms with Gasteiger partial charge in [-0.25, -0.2) is 8.42 Å². The SMILES string of the molecule is CCn1c(=NC(=O)c2ccc(S(=O)(=O)N3CCCCC3)cc2)sc2cc(C)cc(C)c21. The van der Waals surface area contributed by atoms with Crippen LogP contribution in [0.5, 0.6) is 0 Å². The minimum atomic E-state index is -3.51. The van der Waals surface area contributed by atoms with Gasteiger partial charge >= 0.3 is 0 Å². The Labute approximate surface area is 186 Å². The van der Waals surface area contributed by atoms with E-state index in [1.54, 1.807) is 12.1 Å². The van der Waals surface area contributed by atoms with Crippen molar-refractivity contribution in [3.05, 3.63) is 57.9 Å². The number of nitrogens with zero attached hydrogens (tertiary/aromatic N) is 3. The highest BCUT2D eigenvalue weighted by Crippen LogP contribution is 2.24. The van der Waals surface area contributed by atoms with Crippen LogP contribution in [-0.4, -0.2) is 36.3 Å². The topological polar surface area (TPSA) is 71.7 Å². The van der Waals surface area contributed by atoms with Gasteiger partial charge in [-0.1, -0.05) is 23.8 Å². The molecule has 0 bridgehead atoms. The van der Waals surface area contributed by atoms with E-state index < -0.39 is 10.0 Å². The molecule has 0 spiro atoms. The van der Waals surface area contributed by atoms with E-state index in [4.69, 9.17) is 0 Å². The molecule has 0 N–H and O–H groups in total. The number of fused-ring (bicyclic) bond motifs is 1. The number of rotatable bonds is 4. The molecule has 0 aliphatic carbocycles. The van der Waals surface area contributed by atoms with E-state index in [1.165, 1.54) is 33.3 Å². The van der Waals surface area contributed by atoms with Crippen molar-refractivity contribution >= 4 is 37.5 Å². The fourth-order valence-electron chi connectivity index (χ4n) is 4.15. The van der Waals surface area contributed by atoms with Gasteiger partial charge in [0.15, 0.2) is 4.80 Å². The lowest BCUT2D eigenvalue weighted by Crippen LogP contribution is -2.35. The van der Waals surface area contributed by atoms with Gasteiger partial charge in [0.05, 0.1) is 15.1 Å². The minimum Gasteiger partial charge on any atom is -0.316 e. The van der Waals surface area contributed by atoms with Crippen LogP contribution in [-0.2, 0) is 16.6 Å².